The average molecular weight is 156 g/mol. The topological polar surface area (TPSA) is 12.5 Å². The molecule has 0 aromatic heterocycles. The van der Waals surface area contributed by atoms with E-state index in [0.717, 1.165) is 11.4 Å². The monoisotopic (exact) mass is 155 g/mol. The van der Waals surface area contributed by atoms with Crippen LogP contribution in [0.1, 0.15) is 0 Å². The van der Waals surface area contributed by atoms with E-state index in [9.17, 15) is 0 Å². The maximum Gasteiger partial charge on any atom is 0.176 e. The Bertz CT molecular complexity index is 251. The first-order chi connectivity index (χ1) is 4.88. The molecular weight excluding hydrogens is 150 g/mol. The van der Waals surface area contributed by atoms with E-state index in [-0.39, 0.29) is 0 Å². The van der Waals surface area contributed by atoms with Crippen molar-refractivity contribution in [2.24, 2.45) is 0 Å². The second-order valence-electron chi connectivity index (χ2n) is 2.10. The Morgan fingerprint density at radius 2 is 2.20 bits per heavy atom. The average Bonchev–Trinajstić information content (AvgIpc) is 2.34. The van der Waals surface area contributed by atoms with Crippen LogP contribution >= 0.6 is 11.8 Å². The van der Waals surface area contributed by atoms with Crippen molar-refractivity contribution in [2.45, 2.75) is 0 Å². The molecule has 0 N–H and O–H groups in total. The highest BCUT2D eigenvalue weighted by Gasteiger charge is 2.16. The minimum absolute atomic E-state index is 0.445. The summed E-state index contributed by atoms with van der Waals surface area (Å²) in [4.78, 5) is 0. The zero-order valence-corrected chi connectivity index (χ0v) is 6.01. The Kier molecular flexibility index (Phi) is 1.21. The summed E-state index contributed by atoms with van der Waals surface area (Å²) in [6.07, 6.45) is 0. The maximum atomic E-state index is 5.75. The summed E-state index contributed by atoms with van der Waals surface area (Å²) < 4.78 is 6.76. The number of hydrogen-bond donors (Lipinski definition) is 0. The maximum absolute atomic E-state index is 5.75. The van der Waals surface area contributed by atoms with Crippen LogP contribution in [0.4, 0.5) is 5.69 Å². The molecule has 0 saturated heterocycles. The van der Waals surface area contributed by atoms with E-state index in [1.165, 1.54) is 0 Å². The molecule has 1 aliphatic rings. The fraction of sp³-hybridized carbons (Fsp3) is 0.143. The van der Waals surface area contributed by atoms with E-state index >= 15 is 0 Å². The minimum Gasteiger partial charge on any atom is -0.470 e. The van der Waals surface area contributed by atoms with Crippen LogP contribution in [0.3, 0.4) is 0 Å². The summed E-state index contributed by atoms with van der Waals surface area (Å²) in [5, 5.41) is 0. The van der Waals surface area contributed by atoms with Crippen LogP contribution in [0.5, 0.6) is 5.75 Å². The lowest BCUT2D eigenvalue weighted by Gasteiger charge is -2.01. The summed E-state index contributed by atoms with van der Waals surface area (Å²) in [7, 11) is 0. The third kappa shape index (κ3) is 0.727. The van der Waals surface area contributed by atoms with Gasteiger partial charge in [0.2, 0.25) is 0 Å². The first-order valence-corrected chi connectivity index (χ1v) is 3.37. The largest absolute Gasteiger partial charge is 0.470 e. The highest BCUT2D eigenvalue weighted by Crippen LogP contribution is 2.33. The number of anilines is 1. The van der Waals surface area contributed by atoms with Crippen LogP contribution in [0.25, 0.3) is 0 Å². The summed E-state index contributed by atoms with van der Waals surface area (Å²) in [6, 6.07) is 7.69. The molecule has 0 aliphatic carbocycles. The van der Waals surface area contributed by atoms with Crippen LogP contribution in [-0.2, 0) is 0 Å². The molecule has 1 heterocycles. The molecule has 52 valence electrons. The summed E-state index contributed by atoms with van der Waals surface area (Å²) in [5.74, 6) is 0.859. The van der Waals surface area contributed by atoms with Crippen molar-refractivity contribution in [3.05, 3.63) is 24.3 Å². The van der Waals surface area contributed by atoms with Crippen molar-refractivity contribution in [2.75, 3.05) is 11.1 Å². The van der Waals surface area contributed by atoms with E-state index in [2.05, 4.69) is 0 Å². The van der Waals surface area contributed by atoms with E-state index < -0.39 is 0 Å². The van der Waals surface area contributed by atoms with Crippen molar-refractivity contribution in [1.82, 2.24) is 0 Å². The number of halogens is 1. The molecule has 1 aromatic rings. The highest BCUT2D eigenvalue weighted by molar-refractivity contribution is 6.26. The zero-order chi connectivity index (χ0) is 6.97. The normalized spacial score (nSPS) is 14.7. The molecule has 2 nitrogen and oxygen atoms in total. The van der Waals surface area contributed by atoms with Gasteiger partial charge in [-0.15, -0.1) is 0 Å². The van der Waals surface area contributed by atoms with E-state index in [4.69, 9.17) is 16.5 Å². The number of para-hydroxylation sites is 2. The molecule has 0 atom stereocenters. The van der Waals surface area contributed by atoms with Crippen LogP contribution in [0.15, 0.2) is 24.3 Å². The fourth-order valence-electron chi connectivity index (χ4n) is 0.975. The number of benzene rings is 1. The number of nitrogens with zero attached hydrogens (tertiary/aromatic N) is 1. The number of rotatable bonds is 0. The van der Waals surface area contributed by atoms with Gasteiger partial charge in [0.25, 0.3) is 0 Å². The van der Waals surface area contributed by atoms with Crippen molar-refractivity contribution in [3.8, 4) is 5.75 Å². The van der Waals surface area contributed by atoms with Crippen molar-refractivity contribution < 1.29 is 4.74 Å². The van der Waals surface area contributed by atoms with Crippen LogP contribution < -0.4 is 9.16 Å². The van der Waals surface area contributed by atoms with Crippen LogP contribution in [0, 0.1) is 0 Å². The van der Waals surface area contributed by atoms with Gasteiger partial charge >= 0.3 is 0 Å². The molecule has 0 fully saturated rings. The predicted molar refractivity (Wildman–Crippen MR) is 40.3 cm³/mol. The van der Waals surface area contributed by atoms with Gasteiger partial charge in [-0.1, -0.05) is 12.1 Å². The van der Waals surface area contributed by atoms with Gasteiger partial charge in [-0.3, -0.25) is 0 Å². The second kappa shape index (κ2) is 2.06. The lowest BCUT2D eigenvalue weighted by molar-refractivity contribution is 0.362. The first-order valence-electron chi connectivity index (χ1n) is 3.03. The number of hydrogen-bond acceptors (Lipinski definition) is 2. The standard InChI is InChI=1S/C7H6ClNO/c8-9-5-10-7-4-2-1-3-6(7)9/h1-4H,5H2. The molecule has 10 heavy (non-hydrogen) atoms. The third-order valence-electron chi connectivity index (χ3n) is 1.46. The van der Waals surface area contributed by atoms with E-state index in [1.807, 2.05) is 24.3 Å². The zero-order valence-electron chi connectivity index (χ0n) is 5.25. The van der Waals surface area contributed by atoms with Gasteiger partial charge in [0.1, 0.15) is 5.75 Å². The van der Waals surface area contributed by atoms with Gasteiger partial charge in [0, 0.05) is 11.8 Å². The molecular formula is C7H6ClNO. The molecule has 0 amide bonds. The third-order valence-corrected chi connectivity index (χ3v) is 1.74. The quantitative estimate of drug-likeness (QED) is 0.532. The Balaban J connectivity index is 2.51. The highest BCUT2D eigenvalue weighted by atomic mass is 35.5. The number of fused-ring (bicyclic) bond motifs is 1. The molecule has 0 spiro atoms. The lowest BCUT2D eigenvalue weighted by Crippen LogP contribution is -2.07. The summed E-state index contributed by atoms with van der Waals surface area (Å²) in [5.41, 5.74) is 0.948. The van der Waals surface area contributed by atoms with Gasteiger partial charge in [-0.2, -0.15) is 0 Å². The van der Waals surface area contributed by atoms with Gasteiger partial charge in [-0.05, 0) is 12.1 Å². The van der Waals surface area contributed by atoms with Gasteiger partial charge < -0.3 is 4.74 Å². The summed E-state index contributed by atoms with van der Waals surface area (Å²) >= 11 is 5.75. The SMILES string of the molecule is ClN1COc2ccccc21. The molecule has 3 heteroatoms. The first kappa shape index (κ1) is 5.86. The Labute approximate surface area is 64.1 Å². The fourth-order valence-corrected chi connectivity index (χ4v) is 1.16. The predicted octanol–water partition coefficient (Wildman–Crippen LogP) is 2.00. The molecule has 0 unspecified atom stereocenters. The Morgan fingerprint density at radius 3 is 3.00 bits per heavy atom. The van der Waals surface area contributed by atoms with Crippen molar-refractivity contribution in [3.63, 3.8) is 0 Å². The molecule has 2 rings (SSSR count). The summed E-state index contributed by atoms with van der Waals surface area (Å²) in [6.45, 7) is 0.445. The minimum atomic E-state index is 0.445. The number of ether oxygens (including phenoxy) is 1. The lowest BCUT2D eigenvalue weighted by atomic mass is 10.3. The second-order valence-corrected chi connectivity index (χ2v) is 2.51. The van der Waals surface area contributed by atoms with E-state index in [0.29, 0.717) is 6.73 Å². The van der Waals surface area contributed by atoms with Gasteiger partial charge in [-0.25, -0.2) is 4.42 Å². The Hall–Kier alpha value is -0.890. The molecule has 0 bridgehead atoms. The Morgan fingerprint density at radius 1 is 1.40 bits per heavy atom. The van der Waals surface area contributed by atoms with Crippen molar-refractivity contribution in [1.29, 1.82) is 0 Å². The van der Waals surface area contributed by atoms with Crippen molar-refractivity contribution >= 4 is 17.5 Å². The van der Waals surface area contributed by atoms with Crippen LogP contribution in [0.2, 0.25) is 0 Å². The molecule has 0 saturated carbocycles. The van der Waals surface area contributed by atoms with Gasteiger partial charge in [0.15, 0.2) is 6.73 Å². The molecule has 1 aliphatic heterocycles. The molecule has 0 radical (unpaired) electrons. The smallest absolute Gasteiger partial charge is 0.176 e. The molecule has 1 aromatic carbocycles. The van der Waals surface area contributed by atoms with Gasteiger partial charge in [0.05, 0.1) is 5.69 Å². The van der Waals surface area contributed by atoms with Crippen LogP contribution in [-0.4, -0.2) is 6.73 Å². The van der Waals surface area contributed by atoms with E-state index in [1.54, 1.807) is 4.42 Å².